The summed E-state index contributed by atoms with van der Waals surface area (Å²) < 4.78 is 2.77. The topological polar surface area (TPSA) is 34.0 Å². The van der Waals surface area contributed by atoms with Crippen molar-refractivity contribution >= 4 is 27.5 Å². The summed E-state index contributed by atoms with van der Waals surface area (Å²) in [4.78, 5) is 12.7. The highest BCUT2D eigenvalue weighted by Crippen LogP contribution is 2.33. The summed E-state index contributed by atoms with van der Waals surface area (Å²) in [6.45, 7) is 0. The van der Waals surface area contributed by atoms with Crippen molar-refractivity contribution in [1.82, 2.24) is 4.57 Å². The van der Waals surface area contributed by atoms with Gasteiger partial charge in [-0.15, -0.1) is 0 Å². The molecule has 0 spiro atoms. The maximum absolute atomic E-state index is 12.7. The summed E-state index contributed by atoms with van der Waals surface area (Å²) in [6.07, 6.45) is 1.83. The Morgan fingerprint density at radius 3 is 2.55 bits per heavy atom. The third-order valence-corrected chi connectivity index (χ3v) is 4.48. The average molecular weight is 353 g/mol. The second kappa shape index (κ2) is 5.14. The van der Waals surface area contributed by atoms with Crippen molar-refractivity contribution in [2.45, 2.75) is 6.04 Å². The van der Waals surface area contributed by atoms with Crippen molar-refractivity contribution in [1.29, 1.82) is 0 Å². The van der Waals surface area contributed by atoms with Gasteiger partial charge in [-0.05, 0) is 42.0 Å². The van der Waals surface area contributed by atoms with Crippen LogP contribution in [-0.4, -0.2) is 10.5 Å². The average Bonchev–Trinajstić information content (AvgIpc) is 2.99. The molecule has 22 heavy (non-hydrogen) atoms. The zero-order chi connectivity index (χ0) is 15.1. The molecule has 2 heterocycles. The van der Waals surface area contributed by atoms with Crippen LogP contribution in [0.1, 0.15) is 27.7 Å². The molecule has 1 aliphatic rings. The molecule has 0 bridgehead atoms. The summed E-state index contributed by atoms with van der Waals surface area (Å²) in [6, 6.07) is 19.7. The molecule has 3 nitrogen and oxygen atoms in total. The van der Waals surface area contributed by atoms with Crippen molar-refractivity contribution in [2.75, 3.05) is 5.32 Å². The van der Waals surface area contributed by atoms with Crippen LogP contribution in [0.2, 0.25) is 0 Å². The largest absolute Gasteiger partial charge is 0.372 e. The van der Waals surface area contributed by atoms with Gasteiger partial charge in [0.05, 0.1) is 17.3 Å². The molecule has 0 unspecified atom stereocenters. The van der Waals surface area contributed by atoms with Crippen LogP contribution >= 0.6 is 15.9 Å². The Morgan fingerprint density at radius 2 is 1.73 bits per heavy atom. The highest BCUT2D eigenvalue weighted by molar-refractivity contribution is 9.10. The van der Waals surface area contributed by atoms with Crippen molar-refractivity contribution in [2.24, 2.45) is 0 Å². The van der Waals surface area contributed by atoms with E-state index in [1.165, 1.54) is 0 Å². The maximum atomic E-state index is 12.7. The van der Waals surface area contributed by atoms with Crippen molar-refractivity contribution in [3.8, 4) is 0 Å². The Bertz CT molecular complexity index is 852. The molecule has 0 amide bonds. The van der Waals surface area contributed by atoms with Gasteiger partial charge in [0, 0.05) is 16.4 Å². The lowest BCUT2D eigenvalue weighted by Gasteiger charge is -2.19. The smallest absolute Gasteiger partial charge is 0.264 e. The van der Waals surface area contributed by atoms with Gasteiger partial charge in [0.1, 0.15) is 0 Å². The van der Waals surface area contributed by atoms with E-state index in [1.54, 1.807) is 4.57 Å². The van der Waals surface area contributed by atoms with E-state index in [0.29, 0.717) is 5.56 Å². The Kier molecular flexibility index (Phi) is 3.12. The van der Waals surface area contributed by atoms with E-state index in [4.69, 9.17) is 0 Å². The lowest BCUT2D eigenvalue weighted by atomic mass is 10.0. The summed E-state index contributed by atoms with van der Waals surface area (Å²) in [5, 5.41) is 3.51. The van der Waals surface area contributed by atoms with E-state index in [-0.39, 0.29) is 11.9 Å². The lowest BCUT2D eigenvalue weighted by molar-refractivity contribution is 0.0959. The van der Waals surface area contributed by atoms with Gasteiger partial charge in [-0.2, -0.15) is 0 Å². The molecule has 3 aromatic rings. The third-order valence-electron chi connectivity index (χ3n) is 3.96. The molecule has 1 aliphatic heterocycles. The number of rotatable bonds is 1. The molecule has 1 aromatic heterocycles. The molecule has 0 saturated carbocycles. The number of carbonyl (C=O) groups is 1. The molecular weight excluding hydrogens is 340 g/mol. The Labute approximate surface area is 136 Å². The van der Waals surface area contributed by atoms with Gasteiger partial charge in [-0.1, -0.05) is 40.2 Å². The standard InChI is InChI=1S/C18H13BrN2O/c19-13-9-7-12(8-10-13)17-16-6-3-11-21(16)18(22)14-4-1-2-5-15(14)20-17/h1-11,17,20H/t17-/m1/s1. The maximum Gasteiger partial charge on any atom is 0.264 e. The van der Waals surface area contributed by atoms with Gasteiger partial charge in [-0.25, -0.2) is 0 Å². The van der Waals surface area contributed by atoms with E-state index in [9.17, 15) is 4.79 Å². The van der Waals surface area contributed by atoms with E-state index in [1.807, 2.05) is 54.7 Å². The van der Waals surface area contributed by atoms with Gasteiger partial charge in [0.25, 0.3) is 5.91 Å². The van der Waals surface area contributed by atoms with Gasteiger partial charge >= 0.3 is 0 Å². The molecule has 0 saturated heterocycles. The SMILES string of the molecule is O=C1c2ccccc2N[C@H](c2ccc(Br)cc2)c2cccn21. The second-order valence-corrected chi connectivity index (χ2v) is 6.20. The third kappa shape index (κ3) is 2.07. The highest BCUT2D eigenvalue weighted by Gasteiger charge is 2.26. The van der Waals surface area contributed by atoms with E-state index < -0.39 is 0 Å². The van der Waals surface area contributed by atoms with Gasteiger partial charge in [0.15, 0.2) is 0 Å². The van der Waals surface area contributed by atoms with Crippen LogP contribution in [0.3, 0.4) is 0 Å². The highest BCUT2D eigenvalue weighted by atomic mass is 79.9. The number of carbonyl (C=O) groups excluding carboxylic acids is 1. The summed E-state index contributed by atoms with van der Waals surface area (Å²) in [5.41, 5.74) is 3.62. The van der Waals surface area contributed by atoms with Crippen LogP contribution in [0.5, 0.6) is 0 Å². The number of benzene rings is 2. The number of fused-ring (bicyclic) bond motifs is 2. The molecule has 108 valence electrons. The predicted octanol–water partition coefficient (Wildman–Crippen LogP) is 4.45. The number of hydrogen-bond acceptors (Lipinski definition) is 2. The number of halogens is 1. The minimum absolute atomic E-state index is 0.00251. The monoisotopic (exact) mass is 352 g/mol. The van der Waals surface area contributed by atoms with Gasteiger partial charge < -0.3 is 5.32 Å². The number of nitrogens with zero attached hydrogens (tertiary/aromatic N) is 1. The molecule has 4 rings (SSSR count). The summed E-state index contributed by atoms with van der Waals surface area (Å²) >= 11 is 3.46. The molecule has 1 N–H and O–H groups in total. The first-order valence-electron chi connectivity index (χ1n) is 7.07. The summed E-state index contributed by atoms with van der Waals surface area (Å²) in [7, 11) is 0. The number of aromatic nitrogens is 1. The molecule has 0 fully saturated rings. The van der Waals surface area contributed by atoms with Crippen LogP contribution in [-0.2, 0) is 0 Å². The molecule has 1 atom stereocenters. The fourth-order valence-corrected chi connectivity index (χ4v) is 3.14. The first kappa shape index (κ1) is 13.3. The minimum atomic E-state index is -0.0595. The van der Waals surface area contributed by atoms with E-state index in [0.717, 1.165) is 21.4 Å². The van der Waals surface area contributed by atoms with Crippen molar-refractivity contribution in [3.05, 3.63) is 88.2 Å². The van der Waals surface area contributed by atoms with E-state index >= 15 is 0 Å². The number of anilines is 1. The van der Waals surface area contributed by atoms with Crippen LogP contribution in [0.25, 0.3) is 0 Å². The number of nitrogens with one attached hydrogen (secondary N) is 1. The second-order valence-electron chi connectivity index (χ2n) is 5.28. The lowest BCUT2D eigenvalue weighted by Crippen LogP contribution is -2.15. The van der Waals surface area contributed by atoms with E-state index in [2.05, 4.69) is 33.4 Å². The molecular formula is C18H13BrN2O. The molecule has 0 radical (unpaired) electrons. The zero-order valence-electron chi connectivity index (χ0n) is 11.7. The summed E-state index contributed by atoms with van der Waals surface area (Å²) in [5.74, 6) is 0.00251. The Balaban J connectivity index is 1.91. The first-order valence-corrected chi connectivity index (χ1v) is 7.86. The fraction of sp³-hybridized carbons (Fsp3) is 0.0556. The van der Waals surface area contributed by atoms with Gasteiger partial charge in [-0.3, -0.25) is 9.36 Å². The number of hydrogen-bond donors (Lipinski definition) is 1. The van der Waals surface area contributed by atoms with Crippen molar-refractivity contribution < 1.29 is 4.79 Å². The molecule has 2 aromatic carbocycles. The first-order chi connectivity index (χ1) is 10.7. The normalized spacial score (nSPS) is 16.4. The minimum Gasteiger partial charge on any atom is -0.372 e. The van der Waals surface area contributed by atoms with Crippen LogP contribution in [0.4, 0.5) is 5.69 Å². The molecule has 0 aliphatic carbocycles. The molecule has 4 heteroatoms. The zero-order valence-corrected chi connectivity index (χ0v) is 13.2. The fourth-order valence-electron chi connectivity index (χ4n) is 2.88. The quantitative estimate of drug-likeness (QED) is 0.701. The van der Waals surface area contributed by atoms with Crippen LogP contribution in [0.15, 0.2) is 71.3 Å². The Morgan fingerprint density at radius 1 is 0.955 bits per heavy atom. The van der Waals surface area contributed by atoms with Gasteiger partial charge in [0.2, 0.25) is 0 Å². The predicted molar refractivity (Wildman–Crippen MR) is 90.2 cm³/mol. The van der Waals surface area contributed by atoms with Crippen LogP contribution in [0, 0.1) is 0 Å². The Hall–Kier alpha value is -2.33. The number of para-hydroxylation sites is 1. The van der Waals surface area contributed by atoms with Crippen LogP contribution < -0.4 is 5.32 Å². The van der Waals surface area contributed by atoms with Crippen molar-refractivity contribution in [3.63, 3.8) is 0 Å².